The molecule has 0 aromatic rings. The molecule has 0 fully saturated rings. The second-order valence-electron chi connectivity index (χ2n) is 2.96. The van der Waals surface area contributed by atoms with Gasteiger partial charge in [-0.25, -0.2) is 0 Å². The van der Waals surface area contributed by atoms with Gasteiger partial charge in [-0.2, -0.15) is 0 Å². The largest absolute Gasteiger partial charge is 0.396 e. The number of aliphatic hydroxyl groups is 1. The van der Waals surface area contributed by atoms with Crippen molar-refractivity contribution in [1.29, 1.82) is 0 Å². The van der Waals surface area contributed by atoms with Crippen LogP contribution in [0.5, 0.6) is 0 Å². The van der Waals surface area contributed by atoms with Gasteiger partial charge in [-0.1, -0.05) is 6.92 Å². The van der Waals surface area contributed by atoms with Gasteiger partial charge in [-0.3, -0.25) is 0 Å². The van der Waals surface area contributed by atoms with Gasteiger partial charge in [0.05, 0.1) is 19.8 Å². The van der Waals surface area contributed by atoms with Crippen molar-refractivity contribution >= 4 is 0 Å². The molecule has 4 nitrogen and oxygen atoms in total. The fourth-order valence-corrected chi connectivity index (χ4v) is 0.848. The summed E-state index contributed by atoms with van der Waals surface area (Å²) in [5.74, 6) is 0. The van der Waals surface area contributed by atoms with E-state index in [2.05, 4.69) is 6.92 Å². The van der Waals surface area contributed by atoms with Gasteiger partial charge >= 0.3 is 0 Å². The van der Waals surface area contributed by atoms with E-state index in [4.69, 9.17) is 20.3 Å². The Kier molecular flexibility index (Phi) is 9.80. The maximum absolute atomic E-state index is 8.55. The van der Waals surface area contributed by atoms with Crippen LogP contribution in [0.25, 0.3) is 0 Å². The predicted octanol–water partition coefficient (Wildman–Crippen LogP) is 0.139. The minimum Gasteiger partial charge on any atom is -0.396 e. The second kappa shape index (κ2) is 9.92. The van der Waals surface area contributed by atoms with Crippen LogP contribution >= 0.6 is 0 Å². The van der Waals surface area contributed by atoms with E-state index in [-0.39, 0.29) is 12.6 Å². The topological polar surface area (TPSA) is 64.7 Å². The number of aliphatic hydroxyl groups excluding tert-OH is 1. The average Bonchev–Trinajstić information content (AvgIpc) is 2.11. The van der Waals surface area contributed by atoms with Crippen LogP contribution < -0.4 is 5.73 Å². The number of ether oxygens (including phenoxy) is 2. The lowest BCUT2D eigenvalue weighted by molar-refractivity contribution is 0.0407. The molecule has 0 aliphatic carbocycles. The second-order valence-corrected chi connectivity index (χ2v) is 2.96. The van der Waals surface area contributed by atoms with Crippen LogP contribution in [-0.2, 0) is 9.47 Å². The molecule has 0 aliphatic rings. The highest BCUT2D eigenvalue weighted by molar-refractivity contribution is 4.57. The van der Waals surface area contributed by atoms with Gasteiger partial charge in [-0.15, -0.1) is 0 Å². The smallest absolute Gasteiger partial charge is 0.0701 e. The Hall–Kier alpha value is -0.160. The molecular formula is C9H21NO3. The molecule has 3 N–H and O–H groups in total. The first-order valence-corrected chi connectivity index (χ1v) is 4.83. The Morgan fingerprint density at radius 1 is 1.23 bits per heavy atom. The van der Waals surface area contributed by atoms with E-state index in [0.717, 1.165) is 13.0 Å². The molecule has 0 bridgehead atoms. The summed E-state index contributed by atoms with van der Waals surface area (Å²) in [5.41, 5.74) is 5.60. The summed E-state index contributed by atoms with van der Waals surface area (Å²) >= 11 is 0. The fourth-order valence-electron chi connectivity index (χ4n) is 0.848. The zero-order valence-electron chi connectivity index (χ0n) is 8.37. The molecule has 80 valence electrons. The van der Waals surface area contributed by atoms with E-state index in [1.165, 1.54) is 0 Å². The van der Waals surface area contributed by atoms with Crippen molar-refractivity contribution in [2.75, 3.05) is 33.0 Å². The zero-order valence-corrected chi connectivity index (χ0v) is 8.37. The van der Waals surface area contributed by atoms with Crippen molar-refractivity contribution in [1.82, 2.24) is 0 Å². The van der Waals surface area contributed by atoms with Gasteiger partial charge in [-0.05, 0) is 12.8 Å². The molecule has 13 heavy (non-hydrogen) atoms. The third-order valence-corrected chi connectivity index (χ3v) is 1.55. The van der Waals surface area contributed by atoms with E-state index >= 15 is 0 Å². The summed E-state index contributed by atoms with van der Waals surface area (Å²) in [6, 6.07) is -0.0591. The number of hydrogen-bond acceptors (Lipinski definition) is 4. The van der Waals surface area contributed by atoms with Crippen LogP contribution in [0.4, 0.5) is 0 Å². The zero-order chi connectivity index (χ0) is 9.94. The monoisotopic (exact) mass is 191 g/mol. The van der Waals surface area contributed by atoms with Crippen molar-refractivity contribution in [2.24, 2.45) is 5.73 Å². The first kappa shape index (κ1) is 12.8. The molecule has 1 atom stereocenters. The average molecular weight is 191 g/mol. The highest BCUT2D eigenvalue weighted by Crippen LogP contribution is 1.88. The van der Waals surface area contributed by atoms with Gasteiger partial charge in [0, 0.05) is 19.3 Å². The summed E-state index contributed by atoms with van der Waals surface area (Å²) in [7, 11) is 0. The molecule has 0 rings (SSSR count). The maximum Gasteiger partial charge on any atom is 0.0701 e. The van der Waals surface area contributed by atoms with Gasteiger partial charge in [0.25, 0.3) is 0 Å². The van der Waals surface area contributed by atoms with Crippen LogP contribution in [0.3, 0.4) is 0 Å². The predicted molar refractivity (Wildman–Crippen MR) is 51.6 cm³/mol. The number of nitrogens with two attached hydrogens (primary N) is 1. The van der Waals surface area contributed by atoms with Crippen LogP contribution in [-0.4, -0.2) is 44.2 Å². The lowest BCUT2D eigenvalue weighted by atomic mass is 10.2. The van der Waals surface area contributed by atoms with Crippen molar-refractivity contribution in [3.63, 3.8) is 0 Å². The SMILES string of the molecule is CCCOCCOCC(N)CCO. The number of rotatable bonds is 9. The van der Waals surface area contributed by atoms with E-state index in [1.807, 2.05) is 0 Å². The molecule has 0 saturated carbocycles. The van der Waals surface area contributed by atoms with Gasteiger partial charge in [0.15, 0.2) is 0 Å². The molecule has 0 saturated heterocycles. The molecule has 0 aromatic carbocycles. The Balaban J connectivity index is 2.97. The van der Waals surface area contributed by atoms with Crippen molar-refractivity contribution in [3.05, 3.63) is 0 Å². The summed E-state index contributed by atoms with van der Waals surface area (Å²) in [6.45, 7) is 4.68. The van der Waals surface area contributed by atoms with Gasteiger partial charge < -0.3 is 20.3 Å². The first-order valence-electron chi connectivity index (χ1n) is 4.83. The van der Waals surface area contributed by atoms with E-state index in [0.29, 0.717) is 26.2 Å². The molecule has 0 aliphatic heterocycles. The standard InChI is InChI=1S/C9H21NO3/c1-2-5-12-6-7-13-8-9(10)3-4-11/h9,11H,2-8,10H2,1H3. The summed E-state index contributed by atoms with van der Waals surface area (Å²) in [4.78, 5) is 0. The van der Waals surface area contributed by atoms with Gasteiger partial charge in [0.2, 0.25) is 0 Å². The third-order valence-electron chi connectivity index (χ3n) is 1.55. The van der Waals surface area contributed by atoms with Crippen LogP contribution in [0.15, 0.2) is 0 Å². The molecule has 0 heterocycles. The highest BCUT2D eigenvalue weighted by atomic mass is 16.5. The Labute approximate surface area is 80.0 Å². The van der Waals surface area contributed by atoms with Crippen molar-refractivity contribution < 1.29 is 14.6 Å². The molecule has 0 radical (unpaired) electrons. The van der Waals surface area contributed by atoms with Crippen LogP contribution in [0, 0.1) is 0 Å². The lowest BCUT2D eigenvalue weighted by Gasteiger charge is -2.10. The third kappa shape index (κ3) is 9.76. The van der Waals surface area contributed by atoms with E-state index < -0.39 is 0 Å². The molecule has 0 aromatic heterocycles. The Bertz CT molecular complexity index is 101. The number of hydrogen-bond donors (Lipinski definition) is 2. The van der Waals surface area contributed by atoms with Crippen LogP contribution in [0.1, 0.15) is 19.8 Å². The Morgan fingerprint density at radius 2 is 1.92 bits per heavy atom. The minimum atomic E-state index is -0.0591. The summed E-state index contributed by atoms with van der Waals surface area (Å²) in [5, 5.41) is 8.55. The minimum absolute atomic E-state index is 0.0591. The van der Waals surface area contributed by atoms with E-state index in [1.54, 1.807) is 0 Å². The summed E-state index contributed by atoms with van der Waals surface area (Å²) in [6.07, 6.45) is 1.62. The maximum atomic E-state index is 8.55. The first-order chi connectivity index (χ1) is 6.31. The molecule has 1 unspecified atom stereocenters. The quantitative estimate of drug-likeness (QED) is 0.509. The normalized spacial score (nSPS) is 13.2. The summed E-state index contributed by atoms with van der Waals surface area (Å²) < 4.78 is 10.4. The Morgan fingerprint density at radius 3 is 2.54 bits per heavy atom. The molecule has 4 heteroatoms. The van der Waals surface area contributed by atoms with Crippen LogP contribution in [0.2, 0.25) is 0 Å². The molecular weight excluding hydrogens is 170 g/mol. The fraction of sp³-hybridized carbons (Fsp3) is 1.00. The van der Waals surface area contributed by atoms with E-state index in [9.17, 15) is 0 Å². The lowest BCUT2D eigenvalue weighted by Crippen LogP contribution is -2.28. The van der Waals surface area contributed by atoms with Crippen molar-refractivity contribution in [3.8, 4) is 0 Å². The molecule has 0 spiro atoms. The highest BCUT2D eigenvalue weighted by Gasteiger charge is 2.00. The van der Waals surface area contributed by atoms with Crippen molar-refractivity contribution in [2.45, 2.75) is 25.8 Å². The molecule has 0 amide bonds. The van der Waals surface area contributed by atoms with Gasteiger partial charge in [0.1, 0.15) is 0 Å².